The fourth-order valence-corrected chi connectivity index (χ4v) is 4.32. The molecule has 2 N–H and O–H groups in total. The van der Waals surface area contributed by atoms with Gasteiger partial charge in [-0.15, -0.1) is 24.0 Å². The van der Waals surface area contributed by atoms with Crippen molar-refractivity contribution in [2.45, 2.75) is 45.6 Å². The van der Waals surface area contributed by atoms with Gasteiger partial charge in [0.2, 0.25) is 0 Å². The van der Waals surface area contributed by atoms with E-state index in [0.29, 0.717) is 0 Å². The van der Waals surface area contributed by atoms with E-state index in [1.807, 2.05) is 27.0 Å². The molecular weight excluding hydrogens is 505 g/mol. The van der Waals surface area contributed by atoms with Crippen LogP contribution in [-0.4, -0.2) is 56.4 Å². The Morgan fingerprint density at radius 2 is 1.94 bits per heavy atom. The second-order valence-electron chi connectivity index (χ2n) is 8.01. The Balaban J connectivity index is 0.00000341. The van der Waals surface area contributed by atoms with Gasteiger partial charge in [0.05, 0.1) is 18.8 Å². The van der Waals surface area contributed by atoms with E-state index in [1.165, 1.54) is 24.0 Å². The summed E-state index contributed by atoms with van der Waals surface area (Å²) >= 11 is 0. The van der Waals surface area contributed by atoms with E-state index in [2.05, 4.69) is 50.8 Å². The molecule has 1 aromatic carbocycles. The number of halogens is 1. The molecule has 172 valence electrons. The van der Waals surface area contributed by atoms with Crippen molar-refractivity contribution < 1.29 is 9.26 Å². The largest absolute Gasteiger partial charge is 0.497 e. The zero-order chi connectivity index (χ0) is 21.5. The number of likely N-dealkylation sites (tertiary alicyclic amines) is 1. The molecule has 0 saturated carbocycles. The van der Waals surface area contributed by atoms with Crippen LogP contribution < -0.4 is 15.4 Å². The van der Waals surface area contributed by atoms with Gasteiger partial charge >= 0.3 is 0 Å². The van der Waals surface area contributed by atoms with E-state index in [4.69, 9.17) is 9.26 Å². The van der Waals surface area contributed by atoms with Crippen LogP contribution in [0.15, 0.2) is 33.8 Å². The highest BCUT2D eigenvalue weighted by Crippen LogP contribution is 2.27. The SMILES string of the molecule is CN=C(NCC(C)c1c(C)noc1C)NCC(c1cccc(OC)c1)N1CCCC1.I. The summed E-state index contributed by atoms with van der Waals surface area (Å²) < 4.78 is 10.8. The molecule has 31 heavy (non-hydrogen) atoms. The van der Waals surface area contributed by atoms with Gasteiger partial charge in [0.15, 0.2) is 5.96 Å². The molecule has 1 aliphatic rings. The average molecular weight is 541 g/mol. The van der Waals surface area contributed by atoms with Gasteiger partial charge in [0.25, 0.3) is 0 Å². The standard InChI is InChI=1S/C23H35N5O2.HI/c1-16(22-17(2)27-30-18(22)3)14-25-23(24-4)26-15-21(28-11-6-7-12-28)19-9-8-10-20(13-19)29-5;/h8-10,13,16,21H,6-7,11-12,14-15H2,1-5H3,(H2,24,25,26);1H. The number of aromatic nitrogens is 1. The van der Waals surface area contributed by atoms with E-state index in [-0.39, 0.29) is 35.9 Å². The van der Waals surface area contributed by atoms with Crippen molar-refractivity contribution in [2.24, 2.45) is 4.99 Å². The predicted octanol–water partition coefficient (Wildman–Crippen LogP) is 4.02. The lowest BCUT2D eigenvalue weighted by Gasteiger charge is -2.29. The van der Waals surface area contributed by atoms with Crippen molar-refractivity contribution in [1.29, 1.82) is 0 Å². The zero-order valence-electron chi connectivity index (χ0n) is 19.3. The molecule has 2 aromatic rings. The molecule has 0 radical (unpaired) electrons. The maximum atomic E-state index is 5.45. The predicted molar refractivity (Wildman–Crippen MR) is 136 cm³/mol. The molecule has 2 atom stereocenters. The number of aryl methyl sites for hydroxylation is 2. The minimum atomic E-state index is 0. The Kier molecular flexibility index (Phi) is 10.1. The van der Waals surface area contributed by atoms with Crippen LogP contribution in [0.25, 0.3) is 0 Å². The first-order chi connectivity index (χ1) is 14.5. The lowest BCUT2D eigenvalue weighted by molar-refractivity contribution is 0.245. The first kappa shape index (κ1) is 25.5. The molecule has 8 heteroatoms. The minimum absolute atomic E-state index is 0. The number of rotatable bonds is 8. The van der Waals surface area contributed by atoms with Crippen LogP contribution in [0.2, 0.25) is 0 Å². The summed E-state index contributed by atoms with van der Waals surface area (Å²) in [5.74, 6) is 2.87. The van der Waals surface area contributed by atoms with Crippen LogP contribution in [0.4, 0.5) is 0 Å². The van der Waals surface area contributed by atoms with Gasteiger partial charge in [-0.1, -0.05) is 24.2 Å². The molecule has 1 saturated heterocycles. The summed E-state index contributed by atoms with van der Waals surface area (Å²) in [6, 6.07) is 8.66. The number of hydrogen-bond acceptors (Lipinski definition) is 5. The summed E-state index contributed by atoms with van der Waals surface area (Å²) in [4.78, 5) is 6.97. The molecule has 0 amide bonds. The number of ether oxygens (including phenoxy) is 1. The monoisotopic (exact) mass is 541 g/mol. The number of nitrogens with one attached hydrogen (secondary N) is 2. The number of aliphatic imine (C=N–C) groups is 1. The van der Waals surface area contributed by atoms with Gasteiger partial charge in [-0.05, 0) is 57.5 Å². The molecule has 1 fully saturated rings. The number of hydrogen-bond donors (Lipinski definition) is 2. The molecule has 1 aliphatic heterocycles. The fourth-order valence-electron chi connectivity index (χ4n) is 4.32. The van der Waals surface area contributed by atoms with Gasteiger partial charge in [-0.2, -0.15) is 0 Å². The fraction of sp³-hybridized carbons (Fsp3) is 0.565. The minimum Gasteiger partial charge on any atom is -0.497 e. The summed E-state index contributed by atoms with van der Waals surface area (Å²) in [5, 5.41) is 11.1. The Labute approximate surface area is 203 Å². The number of methoxy groups -OCH3 is 1. The van der Waals surface area contributed by atoms with E-state index < -0.39 is 0 Å². The quantitative estimate of drug-likeness (QED) is 0.299. The lowest BCUT2D eigenvalue weighted by atomic mass is 10.00. The molecule has 1 aromatic heterocycles. The van der Waals surface area contributed by atoms with Crippen molar-refractivity contribution in [1.82, 2.24) is 20.7 Å². The topological polar surface area (TPSA) is 74.9 Å². The lowest BCUT2D eigenvalue weighted by Crippen LogP contribution is -2.43. The molecule has 3 rings (SSSR count). The van der Waals surface area contributed by atoms with Gasteiger partial charge in [0, 0.05) is 31.6 Å². The molecule has 7 nitrogen and oxygen atoms in total. The normalized spacial score (nSPS) is 16.5. The molecule has 0 aliphatic carbocycles. The molecule has 2 unspecified atom stereocenters. The Bertz CT molecular complexity index is 829. The van der Waals surface area contributed by atoms with Crippen molar-refractivity contribution in [3.8, 4) is 5.75 Å². The third kappa shape index (κ3) is 6.58. The molecular formula is C23H36IN5O2. The highest BCUT2D eigenvalue weighted by Gasteiger charge is 2.24. The molecule has 2 heterocycles. The van der Waals surface area contributed by atoms with Crippen LogP contribution in [0.3, 0.4) is 0 Å². The number of nitrogens with zero attached hydrogens (tertiary/aromatic N) is 3. The van der Waals surface area contributed by atoms with Crippen molar-refractivity contribution in [3.05, 3.63) is 46.8 Å². The van der Waals surface area contributed by atoms with Gasteiger partial charge in [0.1, 0.15) is 11.5 Å². The van der Waals surface area contributed by atoms with Crippen molar-refractivity contribution in [3.63, 3.8) is 0 Å². The second kappa shape index (κ2) is 12.3. The van der Waals surface area contributed by atoms with Crippen LogP contribution in [0, 0.1) is 13.8 Å². The second-order valence-corrected chi connectivity index (χ2v) is 8.01. The molecule has 0 bridgehead atoms. The number of guanidine groups is 1. The Hall–Kier alpha value is -1.81. The van der Waals surface area contributed by atoms with Crippen molar-refractivity contribution >= 4 is 29.9 Å². The smallest absolute Gasteiger partial charge is 0.191 e. The van der Waals surface area contributed by atoms with Crippen LogP contribution in [0.1, 0.15) is 54.3 Å². The van der Waals surface area contributed by atoms with Gasteiger partial charge in [-0.25, -0.2) is 0 Å². The summed E-state index contributed by atoms with van der Waals surface area (Å²) in [5.41, 5.74) is 3.39. The summed E-state index contributed by atoms with van der Waals surface area (Å²) in [7, 11) is 3.53. The molecule has 0 spiro atoms. The first-order valence-electron chi connectivity index (χ1n) is 10.8. The van der Waals surface area contributed by atoms with Crippen LogP contribution >= 0.6 is 24.0 Å². The maximum Gasteiger partial charge on any atom is 0.191 e. The summed E-state index contributed by atoms with van der Waals surface area (Å²) in [6.45, 7) is 9.92. The third-order valence-electron chi connectivity index (χ3n) is 5.90. The maximum absolute atomic E-state index is 5.45. The van der Waals surface area contributed by atoms with E-state index in [0.717, 1.165) is 49.3 Å². The summed E-state index contributed by atoms with van der Waals surface area (Å²) in [6.07, 6.45) is 2.50. The average Bonchev–Trinajstić information content (AvgIpc) is 3.40. The van der Waals surface area contributed by atoms with Gasteiger partial charge < -0.3 is 19.9 Å². The van der Waals surface area contributed by atoms with Gasteiger partial charge in [-0.3, -0.25) is 9.89 Å². The highest BCUT2D eigenvalue weighted by molar-refractivity contribution is 14.0. The zero-order valence-corrected chi connectivity index (χ0v) is 21.6. The van der Waals surface area contributed by atoms with Crippen LogP contribution in [0.5, 0.6) is 5.75 Å². The van der Waals surface area contributed by atoms with Crippen molar-refractivity contribution in [2.75, 3.05) is 40.3 Å². The van der Waals surface area contributed by atoms with E-state index in [9.17, 15) is 0 Å². The first-order valence-corrected chi connectivity index (χ1v) is 10.8. The Morgan fingerprint density at radius 1 is 1.23 bits per heavy atom. The third-order valence-corrected chi connectivity index (χ3v) is 5.90. The highest BCUT2D eigenvalue weighted by atomic mass is 127. The number of benzene rings is 1. The Morgan fingerprint density at radius 3 is 2.55 bits per heavy atom. The van der Waals surface area contributed by atoms with E-state index >= 15 is 0 Å². The van der Waals surface area contributed by atoms with Crippen LogP contribution in [-0.2, 0) is 0 Å². The van der Waals surface area contributed by atoms with E-state index in [1.54, 1.807) is 7.11 Å².